The largest absolute Gasteiger partial charge is 0.328 e. The number of benzene rings is 1. The van der Waals surface area contributed by atoms with Gasteiger partial charge in [-0.05, 0) is 19.1 Å². The van der Waals surface area contributed by atoms with Crippen molar-refractivity contribution in [3.05, 3.63) is 43.0 Å². The van der Waals surface area contributed by atoms with Crippen molar-refractivity contribution in [3.63, 3.8) is 0 Å². The number of nitrogens with one attached hydrogen (secondary N) is 1. The van der Waals surface area contributed by atoms with Gasteiger partial charge in [0.1, 0.15) is 6.54 Å². The van der Waals surface area contributed by atoms with E-state index in [0.717, 1.165) is 10.6 Å². The van der Waals surface area contributed by atoms with Crippen LogP contribution in [0.3, 0.4) is 0 Å². The molecule has 0 unspecified atom stereocenters. The standard InChI is InChI=1S/C15H16N4OS/c1-12(8-16)10-21-14-5-3-2-4-13(14)18-15(20)9-19-7-6-17-11-19/h2-7,11-12H,9-10H2,1H3,(H,18,20)/t12-/m0/s1. The molecule has 108 valence electrons. The van der Waals surface area contributed by atoms with Gasteiger partial charge in [-0.15, -0.1) is 11.8 Å². The summed E-state index contributed by atoms with van der Waals surface area (Å²) in [7, 11) is 0. The monoisotopic (exact) mass is 300 g/mol. The van der Waals surface area contributed by atoms with Crippen LogP contribution in [0.4, 0.5) is 5.69 Å². The van der Waals surface area contributed by atoms with Crippen molar-refractivity contribution >= 4 is 23.4 Å². The van der Waals surface area contributed by atoms with Gasteiger partial charge in [0, 0.05) is 23.0 Å². The molecule has 1 N–H and O–H groups in total. The molecule has 0 bridgehead atoms. The summed E-state index contributed by atoms with van der Waals surface area (Å²) in [4.78, 5) is 16.9. The first-order chi connectivity index (χ1) is 10.2. The highest BCUT2D eigenvalue weighted by Gasteiger charge is 2.09. The molecule has 1 amide bonds. The predicted molar refractivity (Wildman–Crippen MR) is 82.8 cm³/mol. The second-order valence-corrected chi connectivity index (χ2v) is 5.68. The zero-order chi connectivity index (χ0) is 15.1. The third-order valence-electron chi connectivity index (χ3n) is 2.76. The number of carbonyl (C=O) groups is 1. The van der Waals surface area contributed by atoms with E-state index < -0.39 is 0 Å². The molecule has 5 nitrogen and oxygen atoms in total. The van der Waals surface area contributed by atoms with Gasteiger partial charge >= 0.3 is 0 Å². The van der Waals surface area contributed by atoms with E-state index in [2.05, 4.69) is 16.4 Å². The molecule has 1 aromatic heterocycles. The Balaban J connectivity index is 1.99. The number of amides is 1. The first-order valence-corrected chi connectivity index (χ1v) is 7.54. The fourth-order valence-electron chi connectivity index (χ4n) is 1.68. The molecule has 0 fully saturated rings. The molecule has 0 saturated heterocycles. The number of rotatable bonds is 6. The van der Waals surface area contributed by atoms with Gasteiger partial charge in [0.15, 0.2) is 0 Å². The molecule has 0 spiro atoms. The average molecular weight is 300 g/mol. The number of hydrogen-bond acceptors (Lipinski definition) is 4. The van der Waals surface area contributed by atoms with Crippen LogP contribution in [0.25, 0.3) is 0 Å². The summed E-state index contributed by atoms with van der Waals surface area (Å²) in [5.41, 5.74) is 0.776. The number of hydrogen-bond donors (Lipinski definition) is 1. The van der Waals surface area contributed by atoms with Crippen LogP contribution >= 0.6 is 11.8 Å². The third-order valence-corrected chi connectivity index (χ3v) is 4.09. The minimum Gasteiger partial charge on any atom is -0.328 e. The van der Waals surface area contributed by atoms with Gasteiger partial charge in [0.25, 0.3) is 0 Å². The van der Waals surface area contributed by atoms with E-state index in [9.17, 15) is 4.79 Å². The Morgan fingerprint density at radius 2 is 2.33 bits per heavy atom. The van der Waals surface area contributed by atoms with Crippen LogP contribution in [0.2, 0.25) is 0 Å². The van der Waals surface area contributed by atoms with Gasteiger partial charge < -0.3 is 9.88 Å². The molecule has 1 atom stereocenters. The topological polar surface area (TPSA) is 70.7 Å². The van der Waals surface area contributed by atoms with E-state index in [4.69, 9.17) is 5.26 Å². The van der Waals surface area contributed by atoms with Crippen molar-refractivity contribution in [3.8, 4) is 6.07 Å². The van der Waals surface area contributed by atoms with Gasteiger partial charge in [0.05, 0.1) is 24.0 Å². The highest BCUT2D eigenvalue weighted by Crippen LogP contribution is 2.28. The zero-order valence-electron chi connectivity index (χ0n) is 11.7. The average Bonchev–Trinajstić information content (AvgIpc) is 2.98. The lowest BCUT2D eigenvalue weighted by atomic mass is 10.3. The molecule has 6 heteroatoms. The first kappa shape index (κ1) is 15.1. The van der Waals surface area contributed by atoms with Gasteiger partial charge in [-0.3, -0.25) is 4.79 Å². The van der Waals surface area contributed by atoms with E-state index in [1.807, 2.05) is 31.2 Å². The highest BCUT2D eigenvalue weighted by molar-refractivity contribution is 7.99. The van der Waals surface area contributed by atoms with E-state index in [1.165, 1.54) is 0 Å². The zero-order valence-corrected chi connectivity index (χ0v) is 12.5. The van der Waals surface area contributed by atoms with Crippen LogP contribution in [0.1, 0.15) is 6.92 Å². The Bertz CT molecular complexity index is 633. The maximum atomic E-state index is 12.0. The molecule has 0 aliphatic carbocycles. The van der Waals surface area contributed by atoms with E-state index in [-0.39, 0.29) is 18.4 Å². The van der Waals surface area contributed by atoms with Crippen molar-refractivity contribution in [1.82, 2.24) is 9.55 Å². The van der Waals surface area contributed by atoms with Crippen LogP contribution in [0, 0.1) is 17.2 Å². The number of thioether (sulfide) groups is 1. The molecular weight excluding hydrogens is 284 g/mol. The maximum absolute atomic E-state index is 12.0. The number of imidazole rings is 1. The lowest BCUT2D eigenvalue weighted by molar-refractivity contribution is -0.116. The van der Waals surface area contributed by atoms with Gasteiger partial charge in [-0.25, -0.2) is 4.98 Å². The van der Waals surface area contributed by atoms with E-state index in [0.29, 0.717) is 5.75 Å². The Kier molecular flexibility index (Phi) is 5.41. The minimum absolute atomic E-state index is 0.0234. The number of anilines is 1. The fraction of sp³-hybridized carbons (Fsp3) is 0.267. The smallest absolute Gasteiger partial charge is 0.244 e. The minimum atomic E-state index is -0.102. The molecule has 1 heterocycles. The molecule has 21 heavy (non-hydrogen) atoms. The maximum Gasteiger partial charge on any atom is 0.244 e. The van der Waals surface area contributed by atoms with Gasteiger partial charge in [-0.1, -0.05) is 12.1 Å². The molecule has 0 saturated carbocycles. The lowest BCUT2D eigenvalue weighted by Crippen LogP contribution is -2.18. The Hall–Kier alpha value is -2.26. The summed E-state index contributed by atoms with van der Waals surface area (Å²) in [5.74, 6) is 0.573. The number of carbonyl (C=O) groups excluding carboxylic acids is 1. The predicted octanol–water partition coefficient (Wildman–Crippen LogP) is 2.77. The van der Waals surface area contributed by atoms with Crippen molar-refractivity contribution < 1.29 is 4.79 Å². The SMILES string of the molecule is C[C@@H](C#N)CSc1ccccc1NC(=O)Cn1ccnc1. The normalized spacial score (nSPS) is 11.6. The van der Waals surface area contributed by atoms with Crippen molar-refractivity contribution in [2.24, 2.45) is 5.92 Å². The van der Waals surface area contributed by atoms with Gasteiger partial charge in [-0.2, -0.15) is 5.26 Å². The quantitative estimate of drug-likeness (QED) is 0.833. The third kappa shape index (κ3) is 4.65. The second-order valence-electron chi connectivity index (χ2n) is 4.62. The lowest BCUT2D eigenvalue weighted by Gasteiger charge is -2.11. The molecule has 0 aliphatic rings. The molecule has 2 aromatic rings. The number of aromatic nitrogens is 2. The summed E-state index contributed by atoms with van der Waals surface area (Å²) >= 11 is 1.57. The summed E-state index contributed by atoms with van der Waals surface area (Å²) in [6, 6.07) is 9.82. The summed E-state index contributed by atoms with van der Waals surface area (Å²) in [6.45, 7) is 2.11. The Labute approximate surface area is 128 Å². The molecular formula is C15H16N4OS. The van der Waals surface area contributed by atoms with E-state index >= 15 is 0 Å². The summed E-state index contributed by atoms with van der Waals surface area (Å²) < 4.78 is 1.71. The van der Waals surface area contributed by atoms with E-state index in [1.54, 1.807) is 35.0 Å². The summed E-state index contributed by atoms with van der Waals surface area (Å²) in [6.07, 6.45) is 4.99. The Morgan fingerprint density at radius 3 is 3.05 bits per heavy atom. The Morgan fingerprint density at radius 1 is 1.52 bits per heavy atom. The summed E-state index contributed by atoms with van der Waals surface area (Å²) in [5, 5.41) is 11.7. The highest BCUT2D eigenvalue weighted by atomic mass is 32.2. The first-order valence-electron chi connectivity index (χ1n) is 6.56. The van der Waals surface area contributed by atoms with Crippen LogP contribution in [-0.2, 0) is 11.3 Å². The van der Waals surface area contributed by atoms with Gasteiger partial charge in [0.2, 0.25) is 5.91 Å². The fourth-order valence-corrected chi connectivity index (χ4v) is 2.64. The van der Waals surface area contributed by atoms with Crippen LogP contribution in [0.5, 0.6) is 0 Å². The number of para-hydroxylation sites is 1. The van der Waals surface area contributed by atoms with Crippen LogP contribution in [-0.4, -0.2) is 21.2 Å². The number of nitriles is 1. The molecule has 0 aliphatic heterocycles. The molecule has 2 rings (SSSR count). The second kappa shape index (κ2) is 7.50. The van der Waals surface area contributed by atoms with Crippen molar-refractivity contribution in [2.45, 2.75) is 18.4 Å². The van der Waals surface area contributed by atoms with Crippen molar-refractivity contribution in [1.29, 1.82) is 5.26 Å². The molecule has 0 radical (unpaired) electrons. The molecule has 1 aromatic carbocycles. The van der Waals surface area contributed by atoms with Crippen molar-refractivity contribution in [2.75, 3.05) is 11.1 Å². The van der Waals surface area contributed by atoms with Crippen LogP contribution < -0.4 is 5.32 Å². The number of nitrogens with zero attached hydrogens (tertiary/aromatic N) is 3. The van der Waals surface area contributed by atoms with Crippen LogP contribution in [0.15, 0.2) is 47.9 Å².